The fourth-order valence-corrected chi connectivity index (χ4v) is 3.65. The third-order valence-corrected chi connectivity index (χ3v) is 5.25. The first kappa shape index (κ1) is 11.5. The second kappa shape index (κ2) is 4.48. The predicted molar refractivity (Wildman–Crippen MR) is 61.8 cm³/mol. The summed E-state index contributed by atoms with van der Waals surface area (Å²) in [7, 11) is -3.24. The summed E-state index contributed by atoms with van der Waals surface area (Å²) in [4.78, 5) is 0.156. The molecule has 2 aromatic rings. The van der Waals surface area contributed by atoms with Gasteiger partial charge >= 0.3 is 0 Å². The van der Waals surface area contributed by atoms with E-state index in [2.05, 4.69) is 22.4 Å². The molecule has 0 spiro atoms. The highest BCUT2D eigenvalue weighted by Gasteiger charge is 2.16. The highest BCUT2D eigenvalue weighted by atomic mass is 32.2. The van der Waals surface area contributed by atoms with Gasteiger partial charge in [0.05, 0.1) is 5.75 Å². The summed E-state index contributed by atoms with van der Waals surface area (Å²) in [6.07, 6.45) is 0.216. The first-order valence-electron chi connectivity index (χ1n) is 4.38. The van der Waals surface area contributed by atoms with Gasteiger partial charge in [-0.2, -0.15) is 0 Å². The molecule has 0 aliphatic rings. The van der Waals surface area contributed by atoms with Crippen LogP contribution in [0.25, 0.3) is 0 Å². The number of hydrogen-bond donors (Lipinski definition) is 1. The lowest BCUT2D eigenvalue weighted by Crippen LogP contribution is -2.07. The zero-order valence-corrected chi connectivity index (χ0v) is 10.5. The molecule has 0 fully saturated rings. The van der Waals surface area contributed by atoms with Crippen LogP contribution < -0.4 is 0 Å². The van der Waals surface area contributed by atoms with E-state index in [-0.39, 0.29) is 17.0 Å². The summed E-state index contributed by atoms with van der Waals surface area (Å²) in [6, 6.07) is 3.29. The van der Waals surface area contributed by atoms with Crippen molar-refractivity contribution in [2.24, 2.45) is 0 Å². The molecule has 0 amide bonds. The number of thiophene rings is 1. The van der Waals surface area contributed by atoms with Crippen LogP contribution >= 0.6 is 23.6 Å². The van der Waals surface area contributed by atoms with Crippen LogP contribution in [0.2, 0.25) is 0 Å². The third kappa shape index (κ3) is 2.57. The standard InChI is InChI=1S/C8H8N2O3S3/c11-16(12,7-2-1-4-15-7)5-3-6-9-10-8(14)13-6/h1-2,4H,3,5H2,(H,10,14). The van der Waals surface area contributed by atoms with Gasteiger partial charge in [-0.3, -0.25) is 0 Å². The van der Waals surface area contributed by atoms with Gasteiger partial charge in [-0.05, 0) is 23.7 Å². The van der Waals surface area contributed by atoms with Crippen molar-refractivity contribution in [3.05, 3.63) is 28.2 Å². The summed E-state index contributed by atoms with van der Waals surface area (Å²) >= 11 is 5.89. The van der Waals surface area contributed by atoms with E-state index in [1.54, 1.807) is 17.5 Å². The van der Waals surface area contributed by atoms with E-state index in [1.165, 1.54) is 11.3 Å². The zero-order chi connectivity index (χ0) is 11.6. The summed E-state index contributed by atoms with van der Waals surface area (Å²) in [5.41, 5.74) is 0. The molecule has 0 bridgehead atoms. The SMILES string of the molecule is O=S(=O)(CCc1n[nH]c(=S)o1)c1cccs1. The molecule has 0 saturated heterocycles. The van der Waals surface area contributed by atoms with Crippen molar-refractivity contribution in [2.45, 2.75) is 10.6 Å². The van der Waals surface area contributed by atoms with Gasteiger partial charge in [-0.1, -0.05) is 6.07 Å². The van der Waals surface area contributed by atoms with Crippen molar-refractivity contribution in [2.75, 3.05) is 5.75 Å². The number of nitrogens with one attached hydrogen (secondary N) is 1. The highest BCUT2D eigenvalue weighted by molar-refractivity contribution is 7.93. The Morgan fingerprint density at radius 3 is 2.94 bits per heavy atom. The Labute approximate surface area is 101 Å². The Morgan fingerprint density at radius 2 is 2.38 bits per heavy atom. The Balaban J connectivity index is 2.09. The summed E-state index contributed by atoms with van der Waals surface area (Å²) in [6.45, 7) is 0. The summed E-state index contributed by atoms with van der Waals surface area (Å²) in [5, 5.41) is 7.92. The summed E-state index contributed by atoms with van der Waals surface area (Å²) in [5.74, 6) is 0.279. The molecule has 0 aliphatic carbocycles. The average molecular weight is 276 g/mol. The van der Waals surface area contributed by atoms with Gasteiger partial charge in [0.15, 0.2) is 9.84 Å². The zero-order valence-electron chi connectivity index (χ0n) is 8.04. The molecule has 0 unspecified atom stereocenters. The molecule has 86 valence electrons. The number of hydrogen-bond acceptors (Lipinski definition) is 6. The lowest BCUT2D eigenvalue weighted by atomic mass is 10.5. The maximum Gasteiger partial charge on any atom is 0.284 e. The predicted octanol–water partition coefficient (Wildman–Crippen LogP) is 1.81. The molecule has 2 rings (SSSR count). The van der Waals surface area contributed by atoms with Gasteiger partial charge in [-0.25, -0.2) is 13.5 Å². The van der Waals surface area contributed by atoms with Gasteiger partial charge in [0.1, 0.15) is 4.21 Å². The molecule has 2 heterocycles. The van der Waals surface area contributed by atoms with Crippen LogP contribution in [-0.2, 0) is 16.3 Å². The second-order valence-electron chi connectivity index (χ2n) is 3.01. The van der Waals surface area contributed by atoms with Crippen molar-refractivity contribution in [3.8, 4) is 0 Å². The minimum Gasteiger partial charge on any atom is -0.414 e. The molecule has 0 radical (unpaired) electrons. The smallest absolute Gasteiger partial charge is 0.284 e. The van der Waals surface area contributed by atoms with Crippen LogP contribution in [0.15, 0.2) is 26.1 Å². The van der Waals surface area contributed by atoms with Crippen LogP contribution in [-0.4, -0.2) is 24.4 Å². The van der Waals surface area contributed by atoms with Gasteiger partial charge in [0.25, 0.3) is 4.84 Å². The topological polar surface area (TPSA) is 76.0 Å². The number of rotatable bonds is 4. The molecule has 16 heavy (non-hydrogen) atoms. The maximum absolute atomic E-state index is 11.8. The van der Waals surface area contributed by atoms with Crippen molar-refractivity contribution in [1.29, 1.82) is 0 Å². The molecule has 8 heteroatoms. The first-order valence-corrected chi connectivity index (χ1v) is 7.32. The van der Waals surface area contributed by atoms with Gasteiger partial charge < -0.3 is 4.42 Å². The van der Waals surface area contributed by atoms with E-state index < -0.39 is 9.84 Å². The van der Waals surface area contributed by atoms with Gasteiger partial charge in [-0.15, -0.1) is 16.4 Å². The number of nitrogens with zero attached hydrogens (tertiary/aromatic N) is 1. The fraction of sp³-hybridized carbons (Fsp3) is 0.250. The highest BCUT2D eigenvalue weighted by Crippen LogP contribution is 2.18. The molecule has 0 atom stereocenters. The van der Waals surface area contributed by atoms with E-state index in [0.717, 1.165) is 0 Å². The van der Waals surface area contributed by atoms with Crippen LogP contribution in [0, 0.1) is 4.84 Å². The fourth-order valence-electron chi connectivity index (χ4n) is 1.13. The molecule has 5 nitrogen and oxygen atoms in total. The molecular formula is C8H8N2O3S3. The number of H-pyrrole nitrogens is 1. The maximum atomic E-state index is 11.8. The number of sulfone groups is 1. The van der Waals surface area contributed by atoms with Crippen LogP contribution in [0.4, 0.5) is 0 Å². The lowest BCUT2D eigenvalue weighted by molar-refractivity contribution is 0.485. The molecule has 2 aromatic heterocycles. The molecule has 1 N–H and O–H groups in total. The van der Waals surface area contributed by atoms with Crippen molar-refractivity contribution >= 4 is 33.4 Å². The quantitative estimate of drug-likeness (QED) is 0.862. The summed E-state index contributed by atoms with van der Waals surface area (Å²) < 4.78 is 28.9. The van der Waals surface area contributed by atoms with E-state index in [4.69, 9.17) is 4.42 Å². The Morgan fingerprint density at radius 1 is 1.56 bits per heavy atom. The van der Waals surface area contributed by atoms with Gasteiger partial charge in [0.2, 0.25) is 5.89 Å². The molecule has 0 aliphatic heterocycles. The number of aromatic nitrogens is 2. The van der Waals surface area contributed by atoms with E-state index >= 15 is 0 Å². The first-order chi connectivity index (χ1) is 7.58. The minimum atomic E-state index is -3.24. The molecular weight excluding hydrogens is 268 g/mol. The van der Waals surface area contributed by atoms with E-state index in [9.17, 15) is 8.42 Å². The van der Waals surface area contributed by atoms with E-state index in [0.29, 0.717) is 10.1 Å². The van der Waals surface area contributed by atoms with Crippen LogP contribution in [0.3, 0.4) is 0 Å². The second-order valence-corrected chi connectivity index (χ2v) is 6.66. The van der Waals surface area contributed by atoms with Gasteiger partial charge in [0, 0.05) is 6.42 Å². The largest absolute Gasteiger partial charge is 0.414 e. The van der Waals surface area contributed by atoms with Crippen molar-refractivity contribution < 1.29 is 12.8 Å². The van der Waals surface area contributed by atoms with Crippen molar-refractivity contribution in [1.82, 2.24) is 10.2 Å². The number of aryl methyl sites for hydroxylation is 1. The number of aromatic amines is 1. The lowest BCUT2D eigenvalue weighted by Gasteiger charge is -1.97. The van der Waals surface area contributed by atoms with Crippen LogP contribution in [0.1, 0.15) is 5.89 Å². The average Bonchev–Trinajstić information content (AvgIpc) is 2.85. The third-order valence-electron chi connectivity index (χ3n) is 1.87. The Bertz CT molecular complexity index is 609. The molecule has 0 saturated carbocycles. The van der Waals surface area contributed by atoms with Crippen molar-refractivity contribution in [3.63, 3.8) is 0 Å². The Kier molecular flexibility index (Phi) is 3.22. The van der Waals surface area contributed by atoms with Crippen LogP contribution in [0.5, 0.6) is 0 Å². The monoisotopic (exact) mass is 276 g/mol. The van der Waals surface area contributed by atoms with E-state index in [1.807, 2.05) is 0 Å². The molecule has 0 aromatic carbocycles. The normalized spacial score (nSPS) is 11.8. The Hall–Kier alpha value is -0.990. The minimum absolute atomic E-state index is 0.0311.